The first-order chi connectivity index (χ1) is 11.8. The molecule has 25 heavy (non-hydrogen) atoms. The van der Waals surface area contributed by atoms with Gasteiger partial charge in [0.05, 0.1) is 11.1 Å². The number of amides is 2. The Morgan fingerprint density at radius 1 is 0.880 bits per heavy atom. The van der Waals surface area contributed by atoms with Crippen LogP contribution in [0.15, 0.2) is 53.0 Å². The van der Waals surface area contributed by atoms with Crippen LogP contribution in [-0.4, -0.2) is 24.9 Å². The lowest BCUT2D eigenvalue weighted by atomic mass is 10.1. The van der Waals surface area contributed by atoms with Gasteiger partial charge in [-0.15, -0.1) is 0 Å². The lowest BCUT2D eigenvalue weighted by Gasteiger charge is -2.13. The second kappa shape index (κ2) is 8.15. The molecule has 0 saturated heterocycles. The molecule has 0 aromatic heterocycles. The Kier molecular flexibility index (Phi) is 6.19. The molecule has 132 valence electrons. The van der Waals surface area contributed by atoms with E-state index in [4.69, 9.17) is 0 Å². The molecule has 2 aromatic rings. The van der Waals surface area contributed by atoms with Gasteiger partial charge < -0.3 is 10.6 Å². The molecular weight excluding hydrogens is 401 g/mol. The van der Waals surface area contributed by atoms with Crippen LogP contribution in [-0.2, 0) is 6.18 Å². The van der Waals surface area contributed by atoms with Crippen molar-refractivity contribution in [3.8, 4) is 0 Å². The van der Waals surface area contributed by atoms with E-state index < -0.39 is 23.2 Å². The van der Waals surface area contributed by atoms with Crippen LogP contribution >= 0.6 is 15.9 Å². The van der Waals surface area contributed by atoms with E-state index in [1.54, 1.807) is 24.3 Å². The number of carbonyl (C=O) groups is 2. The fraction of sp³-hybridized carbons (Fsp3) is 0.176. The summed E-state index contributed by atoms with van der Waals surface area (Å²) < 4.78 is 39.5. The normalized spacial score (nSPS) is 11.0. The first-order valence-electron chi connectivity index (χ1n) is 7.27. The summed E-state index contributed by atoms with van der Waals surface area (Å²) in [4.78, 5) is 23.8. The SMILES string of the molecule is O=C(NCCNC(=O)c1ccccc1C(F)(F)F)c1ccc(Br)cc1. The third kappa shape index (κ3) is 5.32. The van der Waals surface area contributed by atoms with Crippen LogP contribution in [0.3, 0.4) is 0 Å². The van der Waals surface area contributed by atoms with Crippen molar-refractivity contribution in [3.63, 3.8) is 0 Å². The maximum atomic E-state index is 12.9. The van der Waals surface area contributed by atoms with Crippen LogP contribution in [0.2, 0.25) is 0 Å². The molecule has 0 saturated carbocycles. The molecule has 0 fully saturated rings. The molecule has 0 bridgehead atoms. The van der Waals surface area contributed by atoms with Gasteiger partial charge in [0.1, 0.15) is 0 Å². The highest BCUT2D eigenvalue weighted by Gasteiger charge is 2.34. The number of alkyl halides is 3. The number of rotatable bonds is 5. The Hall–Kier alpha value is -2.35. The third-order valence-corrected chi connectivity index (χ3v) is 3.81. The van der Waals surface area contributed by atoms with Crippen molar-refractivity contribution in [1.29, 1.82) is 0 Å². The lowest BCUT2D eigenvalue weighted by Crippen LogP contribution is -2.35. The van der Waals surface area contributed by atoms with Crippen molar-refractivity contribution in [3.05, 3.63) is 69.7 Å². The largest absolute Gasteiger partial charge is 0.417 e. The fourth-order valence-electron chi connectivity index (χ4n) is 2.08. The quantitative estimate of drug-likeness (QED) is 0.733. The maximum absolute atomic E-state index is 12.9. The van der Waals surface area contributed by atoms with Crippen molar-refractivity contribution in [1.82, 2.24) is 10.6 Å². The summed E-state index contributed by atoms with van der Waals surface area (Å²) in [6.45, 7) is 0.0993. The van der Waals surface area contributed by atoms with E-state index in [9.17, 15) is 22.8 Å². The van der Waals surface area contributed by atoms with Gasteiger partial charge >= 0.3 is 6.18 Å². The maximum Gasteiger partial charge on any atom is 0.417 e. The van der Waals surface area contributed by atoms with Gasteiger partial charge in [0.15, 0.2) is 0 Å². The van der Waals surface area contributed by atoms with Gasteiger partial charge in [0.25, 0.3) is 11.8 Å². The van der Waals surface area contributed by atoms with Crippen LogP contribution in [0, 0.1) is 0 Å². The molecule has 0 atom stereocenters. The van der Waals surface area contributed by atoms with Crippen LogP contribution < -0.4 is 10.6 Å². The minimum absolute atomic E-state index is 0.00723. The van der Waals surface area contributed by atoms with Gasteiger partial charge in [0, 0.05) is 23.1 Å². The highest BCUT2D eigenvalue weighted by atomic mass is 79.9. The molecule has 0 aliphatic carbocycles. The average Bonchev–Trinajstić information content (AvgIpc) is 2.58. The first-order valence-corrected chi connectivity index (χ1v) is 8.06. The van der Waals surface area contributed by atoms with Gasteiger partial charge in [0.2, 0.25) is 0 Å². The smallest absolute Gasteiger partial charge is 0.350 e. The fourth-order valence-corrected chi connectivity index (χ4v) is 2.34. The number of hydrogen-bond acceptors (Lipinski definition) is 2. The van der Waals surface area contributed by atoms with Crippen molar-refractivity contribution in [2.45, 2.75) is 6.18 Å². The van der Waals surface area contributed by atoms with Crippen molar-refractivity contribution >= 4 is 27.7 Å². The van der Waals surface area contributed by atoms with Crippen LogP contribution in [0.25, 0.3) is 0 Å². The Morgan fingerprint density at radius 3 is 2.04 bits per heavy atom. The highest BCUT2D eigenvalue weighted by Crippen LogP contribution is 2.31. The molecule has 8 heteroatoms. The summed E-state index contributed by atoms with van der Waals surface area (Å²) in [6, 6.07) is 11.2. The standard InChI is InChI=1S/C17H14BrF3N2O2/c18-12-7-5-11(6-8-12)15(24)22-9-10-23-16(25)13-3-1-2-4-14(13)17(19,20)21/h1-8H,9-10H2,(H,22,24)(H,23,25). The number of carbonyl (C=O) groups excluding carboxylic acids is 2. The summed E-state index contributed by atoms with van der Waals surface area (Å²) in [7, 11) is 0. The third-order valence-electron chi connectivity index (χ3n) is 3.28. The van der Waals surface area contributed by atoms with E-state index >= 15 is 0 Å². The first kappa shape index (κ1) is 19.0. The predicted octanol–water partition coefficient (Wildman–Crippen LogP) is 3.63. The Bertz CT molecular complexity index is 761. The number of benzene rings is 2. The number of nitrogens with one attached hydrogen (secondary N) is 2. The van der Waals surface area contributed by atoms with Crippen molar-refractivity contribution in [2.24, 2.45) is 0 Å². The Morgan fingerprint density at radius 2 is 1.44 bits per heavy atom. The monoisotopic (exact) mass is 414 g/mol. The zero-order chi connectivity index (χ0) is 18.4. The Balaban J connectivity index is 1.87. The molecule has 0 unspecified atom stereocenters. The molecule has 2 amide bonds. The van der Waals surface area contributed by atoms with E-state index in [0.29, 0.717) is 5.56 Å². The van der Waals surface area contributed by atoms with E-state index in [2.05, 4.69) is 26.6 Å². The minimum Gasteiger partial charge on any atom is -0.350 e. The zero-order valence-electron chi connectivity index (χ0n) is 12.9. The van der Waals surface area contributed by atoms with Crippen LogP contribution in [0.4, 0.5) is 13.2 Å². The summed E-state index contributed by atoms with van der Waals surface area (Å²) in [6.07, 6.45) is -4.61. The van der Waals surface area contributed by atoms with Gasteiger partial charge in [-0.2, -0.15) is 13.2 Å². The van der Waals surface area contributed by atoms with Gasteiger partial charge in [-0.3, -0.25) is 9.59 Å². The lowest BCUT2D eigenvalue weighted by molar-refractivity contribution is -0.137. The van der Waals surface area contributed by atoms with Gasteiger partial charge in [-0.05, 0) is 36.4 Å². The molecule has 0 aliphatic heterocycles. The van der Waals surface area contributed by atoms with Crippen molar-refractivity contribution < 1.29 is 22.8 Å². The Labute approximate surface area is 150 Å². The molecule has 2 rings (SSSR count). The summed E-state index contributed by atoms with van der Waals surface area (Å²) in [5.41, 5.74) is -1.00. The summed E-state index contributed by atoms with van der Waals surface area (Å²) in [5.74, 6) is -1.18. The van der Waals surface area contributed by atoms with E-state index in [-0.39, 0.29) is 19.0 Å². The second-order valence-corrected chi connectivity index (χ2v) is 5.98. The molecule has 0 spiro atoms. The molecule has 2 aromatic carbocycles. The molecule has 0 heterocycles. The van der Waals surface area contributed by atoms with Gasteiger partial charge in [-0.25, -0.2) is 0 Å². The minimum atomic E-state index is -4.61. The average molecular weight is 415 g/mol. The van der Waals surface area contributed by atoms with Gasteiger partial charge in [-0.1, -0.05) is 28.1 Å². The number of hydrogen-bond donors (Lipinski definition) is 2. The van der Waals surface area contributed by atoms with Crippen molar-refractivity contribution in [2.75, 3.05) is 13.1 Å². The summed E-state index contributed by atoms with van der Waals surface area (Å²) >= 11 is 3.26. The number of halogens is 4. The molecule has 0 radical (unpaired) electrons. The second-order valence-electron chi connectivity index (χ2n) is 5.06. The topological polar surface area (TPSA) is 58.2 Å². The van der Waals surface area contributed by atoms with E-state index in [1.165, 1.54) is 12.1 Å². The predicted molar refractivity (Wildman–Crippen MR) is 90.3 cm³/mol. The molecule has 2 N–H and O–H groups in total. The zero-order valence-corrected chi connectivity index (χ0v) is 14.4. The summed E-state index contributed by atoms with van der Waals surface area (Å²) in [5, 5.41) is 4.95. The van der Waals surface area contributed by atoms with Crippen LogP contribution in [0.5, 0.6) is 0 Å². The van der Waals surface area contributed by atoms with E-state index in [0.717, 1.165) is 16.6 Å². The van der Waals surface area contributed by atoms with E-state index in [1.807, 2.05) is 0 Å². The highest BCUT2D eigenvalue weighted by molar-refractivity contribution is 9.10. The molecular formula is C17H14BrF3N2O2. The molecule has 4 nitrogen and oxygen atoms in total. The molecule has 0 aliphatic rings. The van der Waals surface area contributed by atoms with Crippen LogP contribution in [0.1, 0.15) is 26.3 Å².